The largest absolute Gasteiger partial charge is 0.348 e. The Balaban J connectivity index is 1.41. The van der Waals surface area contributed by atoms with E-state index in [-0.39, 0.29) is 11.9 Å². The molecule has 1 amide bonds. The number of carbonyl (C=O) groups is 1. The second kappa shape index (κ2) is 8.48. The van der Waals surface area contributed by atoms with Crippen LogP contribution in [0.15, 0.2) is 60.7 Å². The van der Waals surface area contributed by atoms with Gasteiger partial charge in [-0.05, 0) is 56.3 Å². The fourth-order valence-electron chi connectivity index (χ4n) is 4.66. The lowest BCUT2D eigenvalue weighted by atomic mass is 10.0. The average molecular weight is 432 g/mol. The van der Waals surface area contributed by atoms with Crippen molar-refractivity contribution < 1.29 is 4.79 Å². The van der Waals surface area contributed by atoms with Gasteiger partial charge in [0.05, 0.1) is 6.54 Å². The molecule has 4 aromatic rings. The molecular weight excluding hydrogens is 402 g/mol. The van der Waals surface area contributed by atoms with Gasteiger partial charge in [-0.15, -0.1) is 11.3 Å². The predicted octanol–water partition coefficient (Wildman–Crippen LogP) is 5.51. The van der Waals surface area contributed by atoms with E-state index >= 15 is 0 Å². The van der Waals surface area contributed by atoms with Gasteiger partial charge in [0.25, 0.3) is 5.91 Å². The molecule has 0 spiro atoms. The second-order valence-electron chi connectivity index (χ2n) is 8.80. The van der Waals surface area contributed by atoms with Crippen molar-refractivity contribution in [3.8, 4) is 0 Å². The van der Waals surface area contributed by atoms with E-state index in [0.717, 1.165) is 42.5 Å². The summed E-state index contributed by atoms with van der Waals surface area (Å²) in [4.78, 5) is 17.1. The topological polar surface area (TPSA) is 37.3 Å². The maximum Gasteiger partial charge on any atom is 0.268 e. The number of nitrogens with zero attached hydrogens (tertiary/aromatic N) is 2. The summed E-state index contributed by atoms with van der Waals surface area (Å²) in [6, 6.07) is 21.9. The van der Waals surface area contributed by atoms with Crippen LogP contribution < -0.4 is 5.32 Å². The van der Waals surface area contributed by atoms with Crippen LogP contribution in [0.2, 0.25) is 0 Å². The summed E-state index contributed by atoms with van der Waals surface area (Å²) in [5, 5.41) is 5.71. The third kappa shape index (κ3) is 4.12. The molecule has 2 aromatic heterocycles. The highest BCUT2D eigenvalue weighted by atomic mass is 32.1. The van der Waals surface area contributed by atoms with E-state index in [1.807, 2.05) is 18.2 Å². The molecule has 0 saturated carbocycles. The van der Waals surface area contributed by atoms with Gasteiger partial charge in [0.15, 0.2) is 0 Å². The molecular formula is C26H29N3OS. The third-order valence-electron chi connectivity index (χ3n) is 6.43. The van der Waals surface area contributed by atoms with Crippen LogP contribution in [-0.2, 0) is 6.54 Å². The number of fused-ring (bicyclic) bond motifs is 2. The average Bonchev–Trinajstić information content (AvgIpc) is 3.35. The van der Waals surface area contributed by atoms with Crippen LogP contribution in [-0.4, -0.2) is 40.5 Å². The Kier molecular flexibility index (Phi) is 5.55. The number of para-hydroxylation sites is 1. The molecule has 0 unspecified atom stereocenters. The highest BCUT2D eigenvalue weighted by Gasteiger charge is 2.24. The number of carbonyl (C=O) groups excluding carboxylic acids is 1. The number of nitrogens with one attached hydrogen (secondary N) is 1. The quantitative estimate of drug-likeness (QED) is 0.453. The molecule has 0 bridgehead atoms. The maximum atomic E-state index is 13.3. The Hall–Kier alpha value is -2.63. The molecule has 1 saturated heterocycles. The SMILES string of the molecule is CC(C)N1CCC(NC(=O)c2cc3ccccc3n2Cc2cc3ccccc3s2)CC1. The van der Waals surface area contributed by atoms with Crippen molar-refractivity contribution in [2.75, 3.05) is 13.1 Å². The smallest absolute Gasteiger partial charge is 0.268 e. The van der Waals surface area contributed by atoms with Gasteiger partial charge in [-0.3, -0.25) is 4.79 Å². The minimum absolute atomic E-state index is 0.0420. The van der Waals surface area contributed by atoms with Crippen LogP contribution in [0.25, 0.3) is 21.0 Å². The number of hydrogen-bond donors (Lipinski definition) is 1. The molecule has 0 atom stereocenters. The monoisotopic (exact) mass is 431 g/mol. The van der Waals surface area contributed by atoms with Gasteiger partial charge in [-0.2, -0.15) is 0 Å². The molecule has 1 aliphatic heterocycles. The van der Waals surface area contributed by atoms with Gasteiger partial charge in [-0.1, -0.05) is 36.4 Å². The van der Waals surface area contributed by atoms with Crippen molar-refractivity contribution in [1.29, 1.82) is 0 Å². The summed E-state index contributed by atoms with van der Waals surface area (Å²) in [7, 11) is 0. The Bertz CT molecular complexity index is 1180. The summed E-state index contributed by atoms with van der Waals surface area (Å²) in [5.41, 5.74) is 1.87. The van der Waals surface area contributed by atoms with Crippen molar-refractivity contribution in [1.82, 2.24) is 14.8 Å². The van der Waals surface area contributed by atoms with Crippen LogP contribution in [0.3, 0.4) is 0 Å². The molecule has 2 aromatic carbocycles. The molecule has 5 rings (SSSR count). The minimum atomic E-state index is 0.0420. The van der Waals surface area contributed by atoms with Gasteiger partial charge in [-0.25, -0.2) is 0 Å². The number of hydrogen-bond acceptors (Lipinski definition) is 3. The number of aromatic nitrogens is 1. The summed E-state index contributed by atoms with van der Waals surface area (Å²) in [6.45, 7) is 7.29. The maximum absolute atomic E-state index is 13.3. The number of likely N-dealkylation sites (tertiary alicyclic amines) is 1. The Morgan fingerprint density at radius 1 is 1.03 bits per heavy atom. The van der Waals surface area contributed by atoms with Crippen LogP contribution >= 0.6 is 11.3 Å². The lowest BCUT2D eigenvalue weighted by Gasteiger charge is -2.34. The van der Waals surface area contributed by atoms with E-state index in [4.69, 9.17) is 0 Å². The Morgan fingerprint density at radius 2 is 1.74 bits per heavy atom. The van der Waals surface area contributed by atoms with Crippen molar-refractivity contribution in [3.63, 3.8) is 0 Å². The standard InChI is InChI=1S/C26H29N3OS/c1-18(2)28-13-11-21(12-14-28)27-26(30)24-16-19-7-3-5-9-23(19)29(24)17-22-15-20-8-4-6-10-25(20)31-22/h3-10,15-16,18,21H,11-14,17H2,1-2H3,(H,27,30). The van der Waals surface area contributed by atoms with Gasteiger partial charge >= 0.3 is 0 Å². The minimum Gasteiger partial charge on any atom is -0.348 e. The van der Waals surface area contributed by atoms with E-state index in [0.29, 0.717) is 12.6 Å². The van der Waals surface area contributed by atoms with Crippen LogP contribution in [0.4, 0.5) is 0 Å². The van der Waals surface area contributed by atoms with E-state index in [2.05, 4.69) is 71.1 Å². The molecule has 4 nitrogen and oxygen atoms in total. The molecule has 0 aliphatic carbocycles. The summed E-state index contributed by atoms with van der Waals surface area (Å²) >= 11 is 1.80. The fraction of sp³-hybridized carbons (Fsp3) is 0.346. The normalized spacial score (nSPS) is 15.8. The first-order chi connectivity index (χ1) is 15.1. The van der Waals surface area contributed by atoms with Gasteiger partial charge in [0, 0.05) is 45.7 Å². The Labute approximate surface area is 187 Å². The molecule has 160 valence electrons. The molecule has 5 heteroatoms. The molecule has 1 fully saturated rings. The van der Waals surface area contributed by atoms with Crippen LogP contribution in [0.5, 0.6) is 0 Å². The number of piperidine rings is 1. The van der Waals surface area contributed by atoms with Crippen molar-refractivity contribution >= 4 is 38.2 Å². The zero-order valence-electron chi connectivity index (χ0n) is 18.2. The summed E-state index contributed by atoms with van der Waals surface area (Å²) in [5.74, 6) is 0.0420. The number of thiophene rings is 1. The first kappa shape index (κ1) is 20.3. The third-order valence-corrected chi connectivity index (χ3v) is 7.53. The first-order valence-corrected chi connectivity index (χ1v) is 12.0. The van der Waals surface area contributed by atoms with Gasteiger partial charge in [0.2, 0.25) is 0 Å². The number of benzene rings is 2. The van der Waals surface area contributed by atoms with E-state index in [1.54, 1.807) is 11.3 Å². The van der Waals surface area contributed by atoms with E-state index < -0.39 is 0 Å². The zero-order chi connectivity index (χ0) is 21.4. The zero-order valence-corrected chi connectivity index (χ0v) is 19.0. The first-order valence-electron chi connectivity index (χ1n) is 11.2. The van der Waals surface area contributed by atoms with E-state index in [9.17, 15) is 4.79 Å². The summed E-state index contributed by atoms with van der Waals surface area (Å²) < 4.78 is 3.47. The van der Waals surface area contributed by atoms with Gasteiger partial charge < -0.3 is 14.8 Å². The molecule has 1 N–H and O–H groups in total. The van der Waals surface area contributed by atoms with Crippen molar-refractivity contribution in [3.05, 3.63) is 71.2 Å². The fourth-order valence-corrected chi connectivity index (χ4v) is 5.71. The van der Waals surface area contributed by atoms with Crippen molar-refractivity contribution in [2.24, 2.45) is 0 Å². The number of amides is 1. The predicted molar refractivity (Wildman–Crippen MR) is 130 cm³/mol. The van der Waals surface area contributed by atoms with Crippen molar-refractivity contribution in [2.45, 2.75) is 45.3 Å². The van der Waals surface area contributed by atoms with Gasteiger partial charge in [0.1, 0.15) is 5.69 Å². The lowest BCUT2D eigenvalue weighted by Crippen LogP contribution is -2.46. The lowest BCUT2D eigenvalue weighted by molar-refractivity contribution is 0.0892. The molecule has 0 radical (unpaired) electrons. The molecule has 31 heavy (non-hydrogen) atoms. The summed E-state index contributed by atoms with van der Waals surface area (Å²) in [6.07, 6.45) is 2.03. The van der Waals surface area contributed by atoms with E-state index in [1.165, 1.54) is 15.0 Å². The molecule has 1 aliphatic rings. The highest BCUT2D eigenvalue weighted by molar-refractivity contribution is 7.19. The Morgan fingerprint density at radius 3 is 2.48 bits per heavy atom. The van der Waals surface area contributed by atoms with Crippen LogP contribution in [0, 0.1) is 0 Å². The molecule has 3 heterocycles. The number of rotatable bonds is 5. The second-order valence-corrected chi connectivity index (χ2v) is 9.97. The highest BCUT2D eigenvalue weighted by Crippen LogP contribution is 2.28. The van der Waals surface area contributed by atoms with Crippen LogP contribution in [0.1, 0.15) is 42.1 Å².